The Labute approximate surface area is 214 Å². The Bertz CT molecular complexity index is 1510. The molecule has 0 fully saturated rings. The molecular formula is C29H27N3O5. The van der Waals surface area contributed by atoms with Crippen LogP contribution in [0.15, 0.2) is 77.7 Å². The number of ether oxygens (including phenoxy) is 2. The molecular weight excluding hydrogens is 470 g/mol. The van der Waals surface area contributed by atoms with Crippen molar-refractivity contribution in [1.29, 1.82) is 0 Å². The molecule has 1 amide bonds. The van der Waals surface area contributed by atoms with Gasteiger partial charge in [-0.1, -0.05) is 42.5 Å². The smallest absolute Gasteiger partial charge is 0.343 e. The monoisotopic (exact) mass is 497 g/mol. The van der Waals surface area contributed by atoms with Crippen LogP contribution in [0.1, 0.15) is 32.1 Å². The molecule has 3 heterocycles. The average molecular weight is 498 g/mol. The van der Waals surface area contributed by atoms with Crippen LogP contribution in [0.3, 0.4) is 0 Å². The van der Waals surface area contributed by atoms with E-state index in [1.54, 1.807) is 15.7 Å². The number of nitrogens with zero attached hydrogens (tertiary/aromatic N) is 3. The summed E-state index contributed by atoms with van der Waals surface area (Å²) < 4.78 is 12.5. The molecule has 0 saturated carbocycles. The normalized spacial score (nSPS) is 13.1. The highest BCUT2D eigenvalue weighted by molar-refractivity contribution is 6.07. The minimum absolute atomic E-state index is 0.107. The van der Waals surface area contributed by atoms with Crippen molar-refractivity contribution >= 4 is 22.6 Å². The van der Waals surface area contributed by atoms with E-state index in [9.17, 15) is 14.4 Å². The summed E-state index contributed by atoms with van der Waals surface area (Å²) in [7, 11) is 1.30. The first kappa shape index (κ1) is 24.2. The molecule has 0 aliphatic carbocycles. The van der Waals surface area contributed by atoms with E-state index < -0.39 is 5.97 Å². The number of methoxy groups -OCH3 is 1. The number of hydrogen-bond donors (Lipinski definition) is 0. The van der Waals surface area contributed by atoms with Gasteiger partial charge >= 0.3 is 5.97 Å². The van der Waals surface area contributed by atoms with Gasteiger partial charge in [-0.25, -0.2) is 4.79 Å². The van der Waals surface area contributed by atoms with Crippen molar-refractivity contribution in [3.63, 3.8) is 0 Å². The summed E-state index contributed by atoms with van der Waals surface area (Å²) in [5, 5.41) is 1.87. The number of carbonyl (C=O) groups is 2. The van der Waals surface area contributed by atoms with Gasteiger partial charge in [0.25, 0.3) is 11.5 Å². The minimum atomic E-state index is -0.578. The number of benzene rings is 2. The van der Waals surface area contributed by atoms with Crippen LogP contribution >= 0.6 is 0 Å². The van der Waals surface area contributed by atoms with Gasteiger partial charge < -0.3 is 18.9 Å². The van der Waals surface area contributed by atoms with E-state index >= 15 is 0 Å². The summed E-state index contributed by atoms with van der Waals surface area (Å²) in [6, 6.07) is 20.4. The second kappa shape index (κ2) is 10.7. The molecule has 8 nitrogen and oxygen atoms in total. The molecule has 0 saturated heterocycles. The lowest BCUT2D eigenvalue weighted by Gasteiger charge is -2.21. The van der Waals surface area contributed by atoms with Crippen molar-refractivity contribution in [2.45, 2.75) is 19.4 Å². The molecule has 4 aromatic rings. The molecule has 188 valence electrons. The first-order valence-electron chi connectivity index (χ1n) is 12.2. The van der Waals surface area contributed by atoms with Gasteiger partial charge in [-0.3, -0.25) is 14.6 Å². The third-order valence-corrected chi connectivity index (χ3v) is 6.63. The number of esters is 1. The Morgan fingerprint density at radius 3 is 2.59 bits per heavy atom. The highest BCUT2D eigenvalue weighted by Gasteiger charge is 2.28. The van der Waals surface area contributed by atoms with Crippen LogP contribution < -0.4 is 10.3 Å². The van der Waals surface area contributed by atoms with Crippen LogP contribution in [-0.2, 0) is 24.1 Å². The first-order chi connectivity index (χ1) is 18.1. The molecule has 0 bridgehead atoms. The van der Waals surface area contributed by atoms with Crippen LogP contribution in [0.2, 0.25) is 0 Å². The minimum Gasteiger partial charge on any atom is -0.492 e. The second-order valence-electron chi connectivity index (χ2n) is 8.80. The zero-order valence-electron chi connectivity index (χ0n) is 20.6. The molecule has 0 atom stereocenters. The highest BCUT2D eigenvalue weighted by atomic mass is 16.5. The molecule has 2 aromatic carbocycles. The number of pyridine rings is 2. The summed E-state index contributed by atoms with van der Waals surface area (Å²) in [5.41, 5.74) is 1.91. The number of amides is 1. The zero-order chi connectivity index (χ0) is 25.8. The molecule has 1 aliphatic rings. The number of fused-ring (bicyclic) bond motifs is 2. The predicted octanol–water partition coefficient (Wildman–Crippen LogP) is 3.50. The number of rotatable bonds is 6. The Morgan fingerprint density at radius 2 is 1.78 bits per heavy atom. The molecule has 0 unspecified atom stereocenters. The number of aromatic nitrogens is 2. The van der Waals surface area contributed by atoms with Crippen molar-refractivity contribution in [2.75, 3.05) is 26.8 Å². The van der Waals surface area contributed by atoms with E-state index in [0.29, 0.717) is 37.2 Å². The van der Waals surface area contributed by atoms with E-state index in [-0.39, 0.29) is 35.9 Å². The van der Waals surface area contributed by atoms with Gasteiger partial charge in [-0.15, -0.1) is 0 Å². The van der Waals surface area contributed by atoms with Crippen LogP contribution in [0.5, 0.6) is 5.75 Å². The third-order valence-electron chi connectivity index (χ3n) is 6.63. The van der Waals surface area contributed by atoms with Gasteiger partial charge in [0.2, 0.25) is 0 Å². The van der Waals surface area contributed by atoms with E-state index in [4.69, 9.17) is 9.47 Å². The van der Waals surface area contributed by atoms with Crippen LogP contribution in [0.4, 0.5) is 0 Å². The SMILES string of the molecule is COC(=O)c1c(OCCc2ccccn2)cc(=O)n2c1CCN(C(=O)c1cccc3ccccc13)CC2. The molecule has 37 heavy (non-hydrogen) atoms. The van der Waals surface area contributed by atoms with Crippen LogP contribution in [-0.4, -0.2) is 53.1 Å². The first-order valence-corrected chi connectivity index (χ1v) is 12.2. The third kappa shape index (κ3) is 4.95. The molecule has 1 aliphatic heterocycles. The summed E-state index contributed by atoms with van der Waals surface area (Å²) in [6.45, 7) is 1.21. The van der Waals surface area contributed by atoms with Gasteiger partial charge in [0.05, 0.1) is 13.7 Å². The lowest BCUT2D eigenvalue weighted by Crippen LogP contribution is -2.34. The van der Waals surface area contributed by atoms with E-state index in [1.165, 1.54) is 13.2 Å². The van der Waals surface area contributed by atoms with Gasteiger partial charge in [0.15, 0.2) is 0 Å². The van der Waals surface area contributed by atoms with Crippen molar-refractivity contribution in [1.82, 2.24) is 14.5 Å². The van der Waals surface area contributed by atoms with Gasteiger partial charge in [-0.2, -0.15) is 0 Å². The van der Waals surface area contributed by atoms with Gasteiger partial charge in [-0.05, 0) is 29.0 Å². The number of carbonyl (C=O) groups excluding carboxylic acids is 2. The van der Waals surface area contributed by atoms with Crippen LogP contribution in [0, 0.1) is 0 Å². The fraction of sp³-hybridized carbons (Fsp3) is 0.241. The highest BCUT2D eigenvalue weighted by Crippen LogP contribution is 2.26. The Hall–Kier alpha value is -4.46. The van der Waals surface area contributed by atoms with Crippen LogP contribution in [0.25, 0.3) is 10.8 Å². The Morgan fingerprint density at radius 1 is 0.973 bits per heavy atom. The largest absolute Gasteiger partial charge is 0.492 e. The maximum absolute atomic E-state index is 13.5. The number of hydrogen-bond acceptors (Lipinski definition) is 6. The predicted molar refractivity (Wildman–Crippen MR) is 139 cm³/mol. The summed E-state index contributed by atoms with van der Waals surface area (Å²) >= 11 is 0. The maximum atomic E-state index is 13.5. The molecule has 2 aromatic heterocycles. The molecule has 5 rings (SSSR count). The maximum Gasteiger partial charge on any atom is 0.343 e. The van der Waals surface area contributed by atoms with E-state index in [2.05, 4.69) is 4.98 Å². The van der Waals surface area contributed by atoms with Gasteiger partial charge in [0, 0.05) is 61.7 Å². The van der Waals surface area contributed by atoms with Crippen molar-refractivity contribution < 1.29 is 19.1 Å². The quantitative estimate of drug-likeness (QED) is 0.379. The van der Waals surface area contributed by atoms with Crippen molar-refractivity contribution in [3.05, 3.63) is 106 Å². The fourth-order valence-electron chi connectivity index (χ4n) is 4.78. The average Bonchev–Trinajstić information content (AvgIpc) is 3.16. The standard InChI is InChI=1S/C29H27N3O5/c1-36-29(35)27-24-12-15-31(28(34)23-11-6-8-20-7-2-3-10-22(20)23)16-17-32(24)26(33)19-25(27)37-18-13-21-9-4-5-14-30-21/h2-11,14,19H,12-13,15-18H2,1H3. The summed E-state index contributed by atoms with van der Waals surface area (Å²) in [4.78, 5) is 45.5. The molecule has 8 heteroatoms. The van der Waals surface area contributed by atoms with Crippen molar-refractivity contribution in [2.24, 2.45) is 0 Å². The summed E-state index contributed by atoms with van der Waals surface area (Å²) in [6.07, 6.45) is 2.54. The van der Waals surface area contributed by atoms with Gasteiger partial charge in [0.1, 0.15) is 11.3 Å². The topological polar surface area (TPSA) is 90.7 Å². The van der Waals surface area contributed by atoms with E-state index in [1.807, 2.05) is 60.7 Å². The Balaban J connectivity index is 1.42. The fourth-order valence-corrected chi connectivity index (χ4v) is 4.78. The molecule has 0 radical (unpaired) electrons. The lowest BCUT2D eigenvalue weighted by atomic mass is 10.0. The molecule has 0 spiro atoms. The second-order valence-corrected chi connectivity index (χ2v) is 8.80. The lowest BCUT2D eigenvalue weighted by molar-refractivity contribution is 0.0593. The van der Waals surface area contributed by atoms with Crippen molar-refractivity contribution in [3.8, 4) is 5.75 Å². The Kier molecular flexibility index (Phi) is 6.98. The summed E-state index contributed by atoms with van der Waals surface area (Å²) in [5.74, 6) is -0.498. The van der Waals surface area contributed by atoms with E-state index in [0.717, 1.165) is 16.5 Å². The zero-order valence-corrected chi connectivity index (χ0v) is 20.6. The molecule has 0 N–H and O–H groups in total.